The highest BCUT2D eigenvalue weighted by molar-refractivity contribution is 7.11. The maximum Gasteiger partial charge on any atom is 0.131 e. The number of nitrogens with zero attached hydrogens (tertiary/aromatic N) is 2. The monoisotopic (exact) mass is 261 g/mol. The van der Waals surface area contributed by atoms with Crippen LogP contribution in [-0.4, -0.2) is 16.7 Å². The molecule has 0 amide bonds. The van der Waals surface area contributed by atoms with E-state index in [2.05, 4.69) is 52.8 Å². The van der Waals surface area contributed by atoms with Crippen molar-refractivity contribution >= 4 is 11.3 Å². The smallest absolute Gasteiger partial charge is 0.131 e. The van der Waals surface area contributed by atoms with Gasteiger partial charge in [-0.25, -0.2) is 0 Å². The van der Waals surface area contributed by atoms with Crippen LogP contribution in [0.4, 0.5) is 0 Å². The van der Waals surface area contributed by atoms with Crippen molar-refractivity contribution in [1.29, 1.82) is 0 Å². The maximum atomic E-state index is 4.23. The third-order valence-corrected chi connectivity index (χ3v) is 3.72. The molecule has 1 N–H and O–H groups in total. The lowest BCUT2D eigenvalue weighted by molar-refractivity contribution is 0.712. The van der Waals surface area contributed by atoms with Crippen molar-refractivity contribution in [3.63, 3.8) is 0 Å². The lowest BCUT2D eigenvalue weighted by Gasteiger charge is -1.98. The first-order valence-electron chi connectivity index (χ1n) is 6.44. The Bertz CT molecular complexity index is 453. The Hall–Kier alpha value is -1.26. The molecule has 0 aliphatic heterocycles. The molecular formula is C14H19N3S. The van der Waals surface area contributed by atoms with Gasteiger partial charge >= 0.3 is 0 Å². The standard InChI is InChI=1S/C14H19N3S/c1-2-15-11-14-17-16-13(18-14)10-6-9-12-7-4-3-5-8-12/h3-5,7-8,15H,2,6,9-11H2,1H3. The summed E-state index contributed by atoms with van der Waals surface area (Å²) >= 11 is 1.72. The lowest BCUT2D eigenvalue weighted by Crippen LogP contribution is -2.11. The summed E-state index contributed by atoms with van der Waals surface area (Å²) in [5, 5.41) is 13.9. The molecule has 2 aromatic rings. The van der Waals surface area contributed by atoms with E-state index in [9.17, 15) is 0 Å². The fourth-order valence-corrected chi connectivity index (χ4v) is 2.64. The van der Waals surface area contributed by atoms with Crippen LogP contribution in [0.25, 0.3) is 0 Å². The number of benzene rings is 1. The molecule has 0 aliphatic rings. The van der Waals surface area contributed by atoms with E-state index >= 15 is 0 Å². The first-order valence-corrected chi connectivity index (χ1v) is 7.26. The number of hydrogen-bond acceptors (Lipinski definition) is 4. The van der Waals surface area contributed by atoms with Crippen LogP contribution in [0.15, 0.2) is 30.3 Å². The Kier molecular flexibility index (Phi) is 5.30. The molecule has 4 heteroatoms. The highest BCUT2D eigenvalue weighted by Crippen LogP contribution is 2.13. The van der Waals surface area contributed by atoms with Gasteiger partial charge in [0.1, 0.15) is 10.0 Å². The Morgan fingerprint density at radius 3 is 2.61 bits per heavy atom. The molecule has 0 atom stereocenters. The topological polar surface area (TPSA) is 37.8 Å². The zero-order chi connectivity index (χ0) is 12.6. The molecule has 0 aliphatic carbocycles. The van der Waals surface area contributed by atoms with E-state index in [0.717, 1.165) is 42.4 Å². The molecule has 1 aromatic carbocycles. The van der Waals surface area contributed by atoms with Crippen molar-refractivity contribution in [2.45, 2.75) is 32.7 Å². The predicted octanol–water partition coefficient (Wildman–Crippen LogP) is 2.82. The molecule has 0 bridgehead atoms. The van der Waals surface area contributed by atoms with E-state index in [-0.39, 0.29) is 0 Å². The second-order valence-corrected chi connectivity index (χ2v) is 5.36. The summed E-state index contributed by atoms with van der Waals surface area (Å²) in [6, 6.07) is 10.6. The average molecular weight is 261 g/mol. The van der Waals surface area contributed by atoms with E-state index in [4.69, 9.17) is 0 Å². The zero-order valence-electron chi connectivity index (χ0n) is 10.7. The van der Waals surface area contributed by atoms with Crippen molar-refractivity contribution in [1.82, 2.24) is 15.5 Å². The minimum Gasteiger partial charge on any atom is -0.311 e. The van der Waals surface area contributed by atoms with Gasteiger partial charge in [0.25, 0.3) is 0 Å². The van der Waals surface area contributed by atoms with Crippen LogP contribution >= 0.6 is 11.3 Å². The second-order valence-electron chi connectivity index (χ2n) is 4.21. The van der Waals surface area contributed by atoms with Gasteiger partial charge in [0.05, 0.1) is 0 Å². The van der Waals surface area contributed by atoms with Gasteiger partial charge in [-0.05, 0) is 24.9 Å². The van der Waals surface area contributed by atoms with Crippen LogP contribution in [0.2, 0.25) is 0 Å². The summed E-state index contributed by atoms with van der Waals surface area (Å²) in [5.74, 6) is 0. The molecule has 0 radical (unpaired) electrons. The molecule has 0 unspecified atom stereocenters. The van der Waals surface area contributed by atoms with Crippen LogP contribution in [0, 0.1) is 0 Å². The summed E-state index contributed by atoms with van der Waals surface area (Å²) in [5.41, 5.74) is 1.40. The fourth-order valence-electron chi connectivity index (χ4n) is 1.78. The first kappa shape index (κ1) is 13.2. The number of hydrogen-bond donors (Lipinski definition) is 1. The molecule has 18 heavy (non-hydrogen) atoms. The summed E-state index contributed by atoms with van der Waals surface area (Å²) < 4.78 is 0. The van der Waals surface area contributed by atoms with Crippen molar-refractivity contribution in [2.75, 3.05) is 6.54 Å². The van der Waals surface area contributed by atoms with E-state index in [1.165, 1.54) is 5.56 Å². The number of aromatic nitrogens is 2. The quantitative estimate of drug-likeness (QED) is 0.833. The van der Waals surface area contributed by atoms with Crippen LogP contribution in [0.1, 0.15) is 28.9 Å². The van der Waals surface area contributed by atoms with Gasteiger partial charge in [0.2, 0.25) is 0 Å². The predicted molar refractivity (Wildman–Crippen MR) is 75.8 cm³/mol. The summed E-state index contributed by atoms with van der Waals surface area (Å²) in [7, 11) is 0. The average Bonchev–Trinajstić information content (AvgIpc) is 2.85. The summed E-state index contributed by atoms with van der Waals surface area (Å²) in [6.07, 6.45) is 3.28. The highest BCUT2D eigenvalue weighted by atomic mass is 32.1. The van der Waals surface area contributed by atoms with Crippen molar-refractivity contribution in [2.24, 2.45) is 0 Å². The lowest BCUT2D eigenvalue weighted by atomic mass is 10.1. The molecular weight excluding hydrogens is 242 g/mol. The summed E-state index contributed by atoms with van der Waals surface area (Å²) in [6.45, 7) is 3.91. The number of rotatable bonds is 7. The molecule has 1 heterocycles. The number of aryl methyl sites for hydroxylation is 2. The Morgan fingerprint density at radius 1 is 1.06 bits per heavy atom. The molecule has 96 valence electrons. The van der Waals surface area contributed by atoms with Gasteiger partial charge in [0, 0.05) is 13.0 Å². The number of nitrogens with one attached hydrogen (secondary N) is 1. The van der Waals surface area contributed by atoms with Gasteiger partial charge in [-0.1, -0.05) is 37.3 Å². The van der Waals surface area contributed by atoms with Gasteiger partial charge in [-0.15, -0.1) is 21.5 Å². The molecule has 0 spiro atoms. The van der Waals surface area contributed by atoms with Crippen LogP contribution < -0.4 is 5.32 Å². The Morgan fingerprint density at radius 2 is 1.83 bits per heavy atom. The Balaban J connectivity index is 1.75. The highest BCUT2D eigenvalue weighted by Gasteiger charge is 2.03. The van der Waals surface area contributed by atoms with Crippen molar-refractivity contribution in [3.05, 3.63) is 45.9 Å². The zero-order valence-corrected chi connectivity index (χ0v) is 11.5. The van der Waals surface area contributed by atoms with E-state index in [1.807, 2.05) is 0 Å². The SMILES string of the molecule is CCNCc1nnc(CCCc2ccccc2)s1. The molecule has 0 fully saturated rings. The molecule has 0 saturated heterocycles. The third-order valence-electron chi connectivity index (χ3n) is 2.73. The van der Waals surface area contributed by atoms with Gasteiger partial charge in [-0.3, -0.25) is 0 Å². The molecule has 2 rings (SSSR count). The minimum absolute atomic E-state index is 0.840. The first-order chi connectivity index (χ1) is 8.88. The van der Waals surface area contributed by atoms with E-state index in [1.54, 1.807) is 11.3 Å². The van der Waals surface area contributed by atoms with E-state index < -0.39 is 0 Å². The Labute approximate surface area is 112 Å². The molecule has 1 aromatic heterocycles. The van der Waals surface area contributed by atoms with E-state index in [0.29, 0.717) is 0 Å². The third kappa shape index (κ3) is 4.20. The van der Waals surface area contributed by atoms with Gasteiger partial charge in [-0.2, -0.15) is 0 Å². The molecule has 3 nitrogen and oxygen atoms in total. The van der Waals surface area contributed by atoms with Crippen molar-refractivity contribution in [3.8, 4) is 0 Å². The van der Waals surface area contributed by atoms with Crippen LogP contribution in [0.5, 0.6) is 0 Å². The van der Waals surface area contributed by atoms with Crippen LogP contribution in [0.3, 0.4) is 0 Å². The minimum atomic E-state index is 0.840. The van der Waals surface area contributed by atoms with Crippen molar-refractivity contribution < 1.29 is 0 Å². The van der Waals surface area contributed by atoms with Gasteiger partial charge in [0.15, 0.2) is 0 Å². The van der Waals surface area contributed by atoms with Crippen LogP contribution in [-0.2, 0) is 19.4 Å². The normalized spacial score (nSPS) is 10.7. The largest absolute Gasteiger partial charge is 0.311 e. The summed E-state index contributed by atoms with van der Waals surface area (Å²) in [4.78, 5) is 0. The fraction of sp³-hybridized carbons (Fsp3) is 0.429. The second kappa shape index (κ2) is 7.24. The maximum absolute atomic E-state index is 4.23. The molecule has 0 saturated carbocycles. The van der Waals surface area contributed by atoms with Gasteiger partial charge < -0.3 is 5.32 Å².